The number of benzene rings is 1. The maximum atomic E-state index is 5.34. The molecule has 0 spiro atoms. The largest absolute Gasteiger partial charge is 0.497 e. The average molecular weight is 234 g/mol. The highest BCUT2D eigenvalue weighted by Gasteiger charge is 2.23. The Morgan fingerprint density at radius 3 is 2.06 bits per heavy atom. The van der Waals surface area contributed by atoms with E-state index in [9.17, 15) is 0 Å². The zero-order valence-corrected chi connectivity index (χ0v) is 11.0. The van der Waals surface area contributed by atoms with Crippen molar-refractivity contribution in [3.8, 4) is 11.5 Å². The topological polar surface area (TPSA) is 18.5 Å². The molecule has 0 amide bonds. The molecule has 1 aliphatic carbocycles. The van der Waals surface area contributed by atoms with Crippen LogP contribution in [0.3, 0.4) is 0 Å². The molecule has 1 fully saturated rings. The van der Waals surface area contributed by atoms with E-state index in [0.29, 0.717) is 5.92 Å². The second kappa shape index (κ2) is 5.44. The van der Waals surface area contributed by atoms with Crippen molar-refractivity contribution in [2.24, 2.45) is 5.92 Å². The van der Waals surface area contributed by atoms with Crippen LogP contribution in [0, 0.1) is 5.92 Å². The van der Waals surface area contributed by atoms with Gasteiger partial charge >= 0.3 is 0 Å². The Labute approximate surface area is 104 Å². The summed E-state index contributed by atoms with van der Waals surface area (Å²) in [6.45, 7) is 2.36. The maximum Gasteiger partial charge on any atom is 0.122 e. The monoisotopic (exact) mass is 234 g/mol. The summed E-state index contributed by atoms with van der Waals surface area (Å²) in [7, 11) is 3.42. The van der Waals surface area contributed by atoms with Gasteiger partial charge in [-0.05, 0) is 36.0 Å². The van der Waals surface area contributed by atoms with E-state index in [1.165, 1.54) is 31.2 Å². The first kappa shape index (κ1) is 12.3. The van der Waals surface area contributed by atoms with Gasteiger partial charge in [-0.3, -0.25) is 0 Å². The van der Waals surface area contributed by atoms with Gasteiger partial charge in [-0.15, -0.1) is 0 Å². The van der Waals surface area contributed by atoms with Gasteiger partial charge < -0.3 is 9.47 Å². The van der Waals surface area contributed by atoms with E-state index in [1.54, 1.807) is 14.2 Å². The quantitative estimate of drug-likeness (QED) is 0.787. The maximum absolute atomic E-state index is 5.34. The van der Waals surface area contributed by atoms with Gasteiger partial charge in [-0.2, -0.15) is 0 Å². The number of ether oxygens (including phenoxy) is 2. The average Bonchev–Trinajstić information content (AvgIpc) is 2.38. The van der Waals surface area contributed by atoms with Crippen molar-refractivity contribution in [3.63, 3.8) is 0 Å². The fourth-order valence-electron chi connectivity index (χ4n) is 2.85. The molecular weight excluding hydrogens is 212 g/mol. The zero-order valence-electron chi connectivity index (χ0n) is 11.0. The Hall–Kier alpha value is -1.18. The third-order valence-electron chi connectivity index (χ3n) is 3.91. The van der Waals surface area contributed by atoms with Crippen LogP contribution in [0.25, 0.3) is 0 Å². The molecule has 0 N–H and O–H groups in total. The van der Waals surface area contributed by atoms with Gasteiger partial charge in [0, 0.05) is 6.07 Å². The number of hydrogen-bond donors (Lipinski definition) is 0. The van der Waals surface area contributed by atoms with Crippen molar-refractivity contribution >= 4 is 0 Å². The van der Waals surface area contributed by atoms with E-state index in [4.69, 9.17) is 9.47 Å². The lowest BCUT2D eigenvalue weighted by Gasteiger charge is -2.29. The Morgan fingerprint density at radius 1 is 0.941 bits per heavy atom. The lowest BCUT2D eigenvalue weighted by molar-refractivity contribution is 0.327. The van der Waals surface area contributed by atoms with Crippen LogP contribution in [-0.2, 0) is 0 Å². The van der Waals surface area contributed by atoms with Crippen LogP contribution < -0.4 is 9.47 Å². The first-order chi connectivity index (χ1) is 8.24. The molecule has 2 atom stereocenters. The molecule has 2 heteroatoms. The van der Waals surface area contributed by atoms with Crippen molar-refractivity contribution in [3.05, 3.63) is 23.8 Å². The highest BCUT2D eigenvalue weighted by Crippen LogP contribution is 2.39. The van der Waals surface area contributed by atoms with Gasteiger partial charge in [-0.25, -0.2) is 0 Å². The summed E-state index contributed by atoms with van der Waals surface area (Å²) in [6.07, 6.45) is 5.34. The second-order valence-corrected chi connectivity index (χ2v) is 5.01. The zero-order chi connectivity index (χ0) is 12.3. The van der Waals surface area contributed by atoms with Crippen molar-refractivity contribution in [1.29, 1.82) is 0 Å². The molecule has 0 radical (unpaired) electrons. The first-order valence-electron chi connectivity index (χ1n) is 6.47. The Kier molecular flexibility index (Phi) is 3.93. The van der Waals surface area contributed by atoms with Gasteiger partial charge in [0.1, 0.15) is 11.5 Å². The van der Waals surface area contributed by atoms with Gasteiger partial charge in [0.15, 0.2) is 0 Å². The highest BCUT2D eigenvalue weighted by atomic mass is 16.5. The van der Waals surface area contributed by atoms with E-state index in [1.807, 2.05) is 6.07 Å². The lowest BCUT2D eigenvalue weighted by Crippen LogP contribution is -2.14. The molecule has 1 aliphatic rings. The minimum absolute atomic E-state index is 0.660. The van der Waals surface area contributed by atoms with E-state index >= 15 is 0 Å². The Bertz CT molecular complexity index is 351. The standard InChI is InChI=1S/C15H22O2/c1-11-6-4-5-7-15(11)12-8-13(16-2)10-14(9-12)17-3/h8-11,15H,4-7H2,1-3H3/t11-,15+/m0/s1. The number of hydrogen-bond acceptors (Lipinski definition) is 2. The van der Waals surface area contributed by atoms with Gasteiger partial charge in [0.05, 0.1) is 14.2 Å². The fraction of sp³-hybridized carbons (Fsp3) is 0.600. The van der Waals surface area contributed by atoms with E-state index in [2.05, 4.69) is 19.1 Å². The smallest absolute Gasteiger partial charge is 0.122 e. The van der Waals surface area contributed by atoms with Gasteiger partial charge in [-0.1, -0.05) is 26.2 Å². The highest BCUT2D eigenvalue weighted by molar-refractivity contribution is 5.40. The fourth-order valence-corrected chi connectivity index (χ4v) is 2.85. The van der Waals surface area contributed by atoms with Crippen LogP contribution in [0.5, 0.6) is 11.5 Å². The molecule has 17 heavy (non-hydrogen) atoms. The van der Waals surface area contributed by atoms with Crippen molar-refractivity contribution in [2.45, 2.75) is 38.5 Å². The predicted octanol–water partition coefficient (Wildman–Crippen LogP) is 4.00. The van der Waals surface area contributed by atoms with Crippen LogP contribution in [0.1, 0.15) is 44.1 Å². The van der Waals surface area contributed by atoms with Gasteiger partial charge in [0.25, 0.3) is 0 Å². The van der Waals surface area contributed by atoms with E-state index < -0.39 is 0 Å². The summed E-state index contributed by atoms with van der Waals surface area (Å²) in [6, 6.07) is 6.26. The number of rotatable bonds is 3. The first-order valence-corrected chi connectivity index (χ1v) is 6.47. The minimum Gasteiger partial charge on any atom is -0.497 e. The summed E-state index contributed by atoms with van der Waals surface area (Å²) in [5, 5.41) is 0. The van der Waals surface area contributed by atoms with Crippen LogP contribution in [0.4, 0.5) is 0 Å². The second-order valence-electron chi connectivity index (χ2n) is 5.01. The molecule has 0 unspecified atom stereocenters. The molecule has 1 aromatic rings. The predicted molar refractivity (Wildman–Crippen MR) is 69.9 cm³/mol. The SMILES string of the molecule is COc1cc(OC)cc([C@@H]2CCCC[C@@H]2C)c1. The summed E-state index contributed by atoms with van der Waals surface area (Å²) < 4.78 is 10.7. The lowest BCUT2D eigenvalue weighted by atomic mass is 9.76. The molecule has 1 aromatic carbocycles. The van der Waals surface area contributed by atoms with Crippen LogP contribution in [0.15, 0.2) is 18.2 Å². The van der Waals surface area contributed by atoms with Crippen LogP contribution in [0.2, 0.25) is 0 Å². The summed E-state index contributed by atoms with van der Waals surface area (Å²) in [4.78, 5) is 0. The van der Waals surface area contributed by atoms with E-state index in [0.717, 1.165) is 17.4 Å². The van der Waals surface area contributed by atoms with Gasteiger partial charge in [0.2, 0.25) is 0 Å². The molecule has 94 valence electrons. The van der Waals surface area contributed by atoms with E-state index in [-0.39, 0.29) is 0 Å². The number of methoxy groups -OCH3 is 2. The molecule has 0 aliphatic heterocycles. The van der Waals surface area contributed by atoms with Crippen molar-refractivity contribution in [2.75, 3.05) is 14.2 Å². The molecular formula is C15H22O2. The molecule has 0 bridgehead atoms. The third-order valence-corrected chi connectivity index (χ3v) is 3.91. The van der Waals surface area contributed by atoms with Crippen LogP contribution in [-0.4, -0.2) is 14.2 Å². The Morgan fingerprint density at radius 2 is 1.53 bits per heavy atom. The summed E-state index contributed by atoms with van der Waals surface area (Å²) >= 11 is 0. The molecule has 2 nitrogen and oxygen atoms in total. The molecule has 0 heterocycles. The molecule has 1 saturated carbocycles. The summed E-state index contributed by atoms with van der Waals surface area (Å²) in [5.74, 6) is 3.22. The Balaban J connectivity index is 2.29. The molecule has 2 rings (SSSR count). The van der Waals surface area contributed by atoms with Crippen LogP contribution >= 0.6 is 0 Å². The van der Waals surface area contributed by atoms with Crippen molar-refractivity contribution in [1.82, 2.24) is 0 Å². The molecule has 0 aromatic heterocycles. The normalized spacial score (nSPS) is 24.4. The third kappa shape index (κ3) is 2.74. The molecule has 0 saturated heterocycles. The minimum atomic E-state index is 0.660. The summed E-state index contributed by atoms with van der Waals surface area (Å²) in [5.41, 5.74) is 1.37. The van der Waals surface area contributed by atoms with Crippen molar-refractivity contribution < 1.29 is 9.47 Å².